The van der Waals surface area contributed by atoms with Crippen LogP contribution >= 0.6 is 0 Å². The highest BCUT2D eigenvalue weighted by Gasteiger charge is 2.39. The Hall–Kier alpha value is -2.54. The van der Waals surface area contributed by atoms with Crippen LogP contribution in [0.2, 0.25) is 0 Å². The van der Waals surface area contributed by atoms with Gasteiger partial charge in [0.05, 0.1) is 11.0 Å². The highest BCUT2D eigenvalue weighted by Crippen LogP contribution is 2.34. The largest absolute Gasteiger partial charge is 0.481 e. The van der Waals surface area contributed by atoms with Crippen LogP contribution in [0.1, 0.15) is 50.5 Å². The van der Waals surface area contributed by atoms with E-state index >= 15 is 0 Å². The molecule has 1 aromatic rings. The molecule has 7 nitrogen and oxygen atoms in total. The Bertz CT molecular complexity index is 697. The number of carbonyl (C=O) groups is 2. The molecule has 0 aliphatic heterocycles. The molecule has 0 spiro atoms. The van der Waals surface area contributed by atoms with Gasteiger partial charge in [0.25, 0.3) is 5.69 Å². The summed E-state index contributed by atoms with van der Waals surface area (Å²) in [6.45, 7) is 0. The molecule has 3 unspecified atom stereocenters. The van der Waals surface area contributed by atoms with Crippen molar-refractivity contribution < 1.29 is 24.7 Å². The van der Waals surface area contributed by atoms with E-state index in [1.54, 1.807) is 18.2 Å². The Morgan fingerprint density at radius 2 is 1.85 bits per heavy atom. The third kappa shape index (κ3) is 6.29. The van der Waals surface area contributed by atoms with E-state index in [1.807, 2.05) is 6.08 Å². The number of non-ortho nitro benzene ring substituents is 1. The minimum absolute atomic E-state index is 0.0176. The zero-order valence-electron chi connectivity index (χ0n) is 15.1. The maximum atomic E-state index is 12.2. The van der Waals surface area contributed by atoms with E-state index in [0.29, 0.717) is 12.8 Å². The minimum Gasteiger partial charge on any atom is -0.481 e. The van der Waals surface area contributed by atoms with E-state index in [2.05, 4.69) is 0 Å². The van der Waals surface area contributed by atoms with Crippen LogP contribution in [0, 0.1) is 22.0 Å². The van der Waals surface area contributed by atoms with Gasteiger partial charge in [0.15, 0.2) is 0 Å². The Morgan fingerprint density at radius 1 is 1.19 bits per heavy atom. The van der Waals surface area contributed by atoms with Gasteiger partial charge in [0.1, 0.15) is 5.78 Å². The Kier molecular flexibility index (Phi) is 7.67. The molecule has 7 heteroatoms. The Balaban J connectivity index is 1.89. The summed E-state index contributed by atoms with van der Waals surface area (Å²) in [5, 5.41) is 29.5. The molecule has 0 amide bonds. The number of aliphatic hydroxyl groups is 1. The van der Waals surface area contributed by atoms with Gasteiger partial charge in [-0.15, -0.1) is 0 Å². The van der Waals surface area contributed by atoms with Gasteiger partial charge in [-0.2, -0.15) is 0 Å². The molecular weight excluding hydrogens is 350 g/mol. The third-order valence-electron chi connectivity index (χ3n) is 5.00. The summed E-state index contributed by atoms with van der Waals surface area (Å²) in [7, 11) is 0. The average Bonchev–Trinajstić information content (AvgIpc) is 2.89. The van der Waals surface area contributed by atoms with Crippen molar-refractivity contribution in [3.8, 4) is 0 Å². The maximum absolute atomic E-state index is 12.2. The molecule has 1 aromatic carbocycles. The summed E-state index contributed by atoms with van der Waals surface area (Å²) in [6, 6.07) is 6.11. The molecule has 0 bridgehead atoms. The lowest BCUT2D eigenvalue weighted by Crippen LogP contribution is -2.18. The van der Waals surface area contributed by atoms with E-state index < -0.39 is 17.0 Å². The molecule has 1 fully saturated rings. The zero-order chi connectivity index (χ0) is 19.8. The predicted octanol–water partition coefficient (Wildman–Crippen LogP) is 3.60. The number of rotatable bonds is 10. The second-order valence-electron chi connectivity index (χ2n) is 6.98. The van der Waals surface area contributed by atoms with E-state index in [1.165, 1.54) is 12.1 Å². The summed E-state index contributed by atoms with van der Waals surface area (Å²) >= 11 is 0. The van der Waals surface area contributed by atoms with Crippen LogP contribution in [0.3, 0.4) is 0 Å². The summed E-state index contributed by atoms with van der Waals surface area (Å²) in [4.78, 5) is 32.9. The molecule has 146 valence electrons. The van der Waals surface area contributed by atoms with Gasteiger partial charge in [0, 0.05) is 36.8 Å². The predicted molar refractivity (Wildman–Crippen MR) is 100 cm³/mol. The quantitative estimate of drug-likeness (QED) is 0.366. The van der Waals surface area contributed by atoms with Crippen LogP contribution in [0.25, 0.3) is 6.08 Å². The lowest BCUT2D eigenvalue weighted by molar-refractivity contribution is -0.384. The Labute approximate surface area is 157 Å². The molecule has 2 rings (SSSR count). The number of carboxylic acids is 1. The Morgan fingerprint density at radius 3 is 2.48 bits per heavy atom. The van der Waals surface area contributed by atoms with Crippen molar-refractivity contribution in [2.24, 2.45) is 11.8 Å². The normalized spacial score (nSPS) is 22.4. The number of unbranched alkanes of at least 4 members (excludes halogenated alkanes) is 3. The lowest BCUT2D eigenvalue weighted by Gasteiger charge is -2.17. The van der Waals surface area contributed by atoms with Gasteiger partial charge in [0.2, 0.25) is 0 Å². The number of nitro groups is 1. The first-order valence-electron chi connectivity index (χ1n) is 9.23. The van der Waals surface area contributed by atoms with Crippen LogP contribution in [-0.2, 0) is 9.59 Å². The molecule has 1 aliphatic rings. The van der Waals surface area contributed by atoms with Gasteiger partial charge < -0.3 is 10.2 Å². The lowest BCUT2D eigenvalue weighted by atomic mass is 9.88. The van der Waals surface area contributed by atoms with Crippen LogP contribution in [-0.4, -0.2) is 33.0 Å². The number of aliphatic hydroxyl groups excluding tert-OH is 1. The number of Topliss-reactive ketones (excluding diaryl/α,β-unsaturated/α-hetero) is 1. The molecule has 27 heavy (non-hydrogen) atoms. The van der Waals surface area contributed by atoms with Gasteiger partial charge in [-0.1, -0.05) is 31.4 Å². The zero-order valence-corrected chi connectivity index (χ0v) is 15.1. The first-order chi connectivity index (χ1) is 12.9. The van der Waals surface area contributed by atoms with Crippen LogP contribution in [0.5, 0.6) is 0 Å². The van der Waals surface area contributed by atoms with E-state index in [-0.39, 0.29) is 36.1 Å². The smallest absolute Gasteiger partial charge is 0.303 e. The first-order valence-corrected chi connectivity index (χ1v) is 9.23. The summed E-state index contributed by atoms with van der Waals surface area (Å²) < 4.78 is 0. The second-order valence-corrected chi connectivity index (χ2v) is 6.98. The fraction of sp³-hybridized carbons (Fsp3) is 0.500. The minimum atomic E-state index is -0.791. The highest BCUT2D eigenvalue weighted by molar-refractivity contribution is 5.84. The standard InChI is InChI=1S/C20H25NO6/c22-18-13-19(23)17(16(18)5-3-1-2-4-6-20(24)25)12-9-14-7-10-15(11-8-14)21(26)27/h7-12,16-17,19,23H,1-6,13H2,(H,24,25). The molecule has 0 heterocycles. The molecule has 0 saturated heterocycles. The summed E-state index contributed by atoms with van der Waals surface area (Å²) in [5.41, 5.74) is 0.795. The molecule has 0 radical (unpaired) electrons. The van der Waals surface area contributed by atoms with Crippen molar-refractivity contribution in [3.63, 3.8) is 0 Å². The fourth-order valence-corrected chi connectivity index (χ4v) is 3.52. The number of nitro benzene ring substituents is 1. The van der Waals surface area contributed by atoms with Crippen molar-refractivity contribution in [2.75, 3.05) is 0 Å². The van der Waals surface area contributed by atoms with E-state index in [0.717, 1.165) is 24.8 Å². The number of nitrogens with zero attached hydrogens (tertiary/aromatic N) is 1. The molecule has 3 atom stereocenters. The fourth-order valence-electron chi connectivity index (χ4n) is 3.52. The van der Waals surface area contributed by atoms with E-state index in [9.17, 15) is 24.8 Å². The number of aliphatic carboxylic acids is 1. The number of hydrogen-bond donors (Lipinski definition) is 2. The SMILES string of the molecule is O=C(O)CCCCCCC1C(=O)CC(O)C1C=Cc1ccc([N+](=O)[O-])cc1. The molecular formula is C20H25NO6. The first kappa shape index (κ1) is 20.8. The van der Waals surface area contributed by atoms with Crippen LogP contribution < -0.4 is 0 Å². The van der Waals surface area contributed by atoms with Crippen molar-refractivity contribution >= 4 is 23.5 Å². The number of hydrogen-bond acceptors (Lipinski definition) is 5. The van der Waals surface area contributed by atoms with Crippen LogP contribution in [0.4, 0.5) is 5.69 Å². The summed E-state index contributed by atoms with van der Waals surface area (Å²) in [6.07, 6.45) is 7.06. The molecule has 0 aromatic heterocycles. The third-order valence-corrected chi connectivity index (χ3v) is 5.00. The van der Waals surface area contributed by atoms with Gasteiger partial charge in [-0.3, -0.25) is 19.7 Å². The van der Waals surface area contributed by atoms with Crippen molar-refractivity contribution in [1.82, 2.24) is 0 Å². The number of ketones is 1. The molecule has 1 saturated carbocycles. The van der Waals surface area contributed by atoms with Crippen molar-refractivity contribution in [2.45, 2.75) is 51.0 Å². The van der Waals surface area contributed by atoms with Gasteiger partial charge >= 0.3 is 5.97 Å². The number of carboxylic acid groups (broad SMARTS) is 1. The van der Waals surface area contributed by atoms with Gasteiger partial charge in [-0.25, -0.2) is 0 Å². The maximum Gasteiger partial charge on any atom is 0.303 e. The number of benzene rings is 1. The number of carbonyl (C=O) groups excluding carboxylic acids is 1. The van der Waals surface area contributed by atoms with E-state index in [4.69, 9.17) is 5.11 Å². The summed E-state index contributed by atoms with van der Waals surface area (Å²) in [5.74, 6) is -1.22. The highest BCUT2D eigenvalue weighted by atomic mass is 16.6. The van der Waals surface area contributed by atoms with Gasteiger partial charge in [-0.05, 0) is 30.5 Å². The monoisotopic (exact) mass is 375 g/mol. The van der Waals surface area contributed by atoms with Crippen LogP contribution in [0.15, 0.2) is 30.3 Å². The second kappa shape index (κ2) is 9.97. The topological polar surface area (TPSA) is 118 Å². The molecule has 1 aliphatic carbocycles. The molecule has 2 N–H and O–H groups in total. The average molecular weight is 375 g/mol. The van der Waals surface area contributed by atoms with Crippen molar-refractivity contribution in [1.29, 1.82) is 0 Å². The van der Waals surface area contributed by atoms with Crippen molar-refractivity contribution in [3.05, 3.63) is 46.0 Å².